The molecule has 0 radical (unpaired) electrons. The van der Waals surface area contributed by atoms with Gasteiger partial charge >= 0.3 is 0 Å². The van der Waals surface area contributed by atoms with Crippen LogP contribution >= 0.6 is 11.6 Å². The molecule has 0 fully saturated rings. The number of benzene rings is 2. The van der Waals surface area contributed by atoms with Gasteiger partial charge in [0.1, 0.15) is 0 Å². The molecule has 0 saturated carbocycles. The second kappa shape index (κ2) is 12.3. The number of aryl methyl sites for hydroxylation is 1. The number of rotatable bonds is 3. The van der Waals surface area contributed by atoms with Gasteiger partial charge in [-0.1, -0.05) is 36.6 Å². The molecule has 2 amide bonds. The van der Waals surface area contributed by atoms with Crippen LogP contribution < -0.4 is 14.8 Å². The Morgan fingerprint density at radius 3 is 2.71 bits per heavy atom. The summed E-state index contributed by atoms with van der Waals surface area (Å²) in [6, 6.07) is 12.5. The minimum atomic E-state index is -0.315. The van der Waals surface area contributed by atoms with Crippen LogP contribution in [0.5, 0.6) is 17.2 Å². The van der Waals surface area contributed by atoms with E-state index in [0.717, 1.165) is 25.7 Å². The first kappa shape index (κ1) is 24.6. The molecule has 3 aromatic rings. The van der Waals surface area contributed by atoms with Crippen molar-refractivity contribution in [2.75, 3.05) is 25.0 Å². The van der Waals surface area contributed by atoms with Gasteiger partial charge in [-0.2, -0.15) is 0 Å². The van der Waals surface area contributed by atoms with E-state index >= 15 is 0 Å². The van der Waals surface area contributed by atoms with Crippen molar-refractivity contribution >= 4 is 29.1 Å². The number of amides is 2. The van der Waals surface area contributed by atoms with Crippen LogP contribution in [0.3, 0.4) is 0 Å². The number of fused-ring (bicyclic) bond motifs is 2. The number of halogens is 1. The molecular weight excluding hydrogens is 468 g/mol. The molecule has 2 aromatic carbocycles. The summed E-state index contributed by atoms with van der Waals surface area (Å²) in [5, 5.41) is 3.33. The van der Waals surface area contributed by atoms with Crippen molar-refractivity contribution in [2.24, 2.45) is 0 Å². The zero-order valence-corrected chi connectivity index (χ0v) is 20.2. The van der Waals surface area contributed by atoms with E-state index in [1.165, 1.54) is 0 Å². The van der Waals surface area contributed by atoms with E-state index in [2.05, 4.69) is 10.3 Å². The molecule has 184 valence electrons. The molecule has 2 heterocycles. The standard InChI is InChI=1S/C26H29ClN4O4/c27-20-9-10-22-21(17-20)29-25(32)18-31(26(33)11-14-30-15-12-28-19-30)13-5-1-2-6-16-34-23-7-3-4-8-24(23)35-22/h3-4,7-10,12,15,17,19H,1-2,5-6,11,13-14,16,18H2,(H,29,32). The minimum Gasteiger partial charge on any atom is -0.490 e. The first-order chi connectivity index (χ1) is 17.1. The van der Waals surface area contributed by atoms with Gasteiger partial charge in [-0.3, -0.25) is 9.59 Å². The Balaban J connectivity index is 1.53. The predicted molar refractivity (Wildman–Crippen MR) is 134 cm³/mol. The molecule has 8 nitrogen and oxygen atoms in total. The number of hydrogen-bond donors (Lipinski definition) is 1. The monoisotopic (exact) mass is 496 g/mol. The Labute approximate surface area is 209 Å². The van der Waals surface area contributed by atoms with E-state index in [-0.39, 0.29) is 18.4 Å². The van der Waals surface area contributed by atoms with Crippen LogP contribution in [0.2, 0.25) is 5.02 Å². The summed E-state index contributed by atoms with van der Waals surface area (Å²) in [6.07, 6.45) is 9.06. The molecule has 35 heavy (non-hydrogen) atoms. The molecule has 0 saturated heterocycles. The van der Waals surface area contributed by atoms with Crippen molar-refractivity contribution in [3.63, 3.8) is 0 Å². The first-order valence-electron chi connectivity index (χ1n) is 11.8. The molecular formula is C26H29ClN4O4. The van der Waals surface area contributed by atoms with E-state index in [9.17, 15) is 9.59 Å². The van der Waals surface area contributed by atoms with Gasteiger partial charge < -0.3 is 24.3 Å². The zero-order valence-electron chi connectivity index (χ0n) is 19.5. The lowest BCUT2D eigenvalue weighted by molar-refractivity contribution is -0.135. The normalized spacial score (nSPS) is 15.2. The highest BCUT2D eigenvalue weighted by molar-refractivity contribution is 6.31. The van der Waals surface area contributed by atoms with Gasteiger partial charge in [-0.15, -0.1) is 0 Å². The van der Waals surface area contributed by atoms with Crippen molar-refractivity contribution in [1.29, 1.82) is 0 Å². The average Bonchev–Trinajstić information content (AvgIpc) is 3.37. The van der Waals surface area contributed by atoms with Gasteiger partial charge in [0.15, 0.2) is 17.2 Å². The lowest BCUT2D eigenvalue weighted by atomic mass is 10.2. The summed E-state index contributed by atoms with van der Waals surface area (Å²) < 4.78 is 13.9. The third-order valence-electron chi connectivity index (χ3n) is 5.69. The maximum Gasteiger partial charge on any atom is 0.244 e. The molecule has 1 aliphatic rings. The number of anilines is 1. The number of para-hydroxylation sites is 2. The Hall–Kier alpha value is -3.52. The average molecular weight is 497 g/mol. The molecule has 0 aliphatic carbocycles. The SMILES string of the molecule is O=C1CN(C(=O)CCn2ccnc2)CCCCCCOc2ccccc2Oc2ccc(Cl)cc2N1. The zero-order chi connectivity index (χ0) is 24.5. The molecule has 1 N–H and O–H groups in total. The highest BCUT2D eigenvalue weighted by Gasteiger charge is 2.19. The molecule has 1 aliphatic heterocycles. The second-order valence-corrected chi connectivity index (χ2v) is 8.80. The van der Waals surface area contributed by atoms with Crippen molar-refractivity contribution in [3.05, 3.63) is 66.2 Å². The second-order valence-electron chi connectivity index (χ2n) is 8.37. The predicted octanol–water partition coefficient (Wildman–Crippen LogP) is 5.14. The highest BCUT2D eigenvalue weighted by atomic mass is 35.5. The largest absolute Gasteiger partial charge is 0.490 e. The number of nitrogens with one attached hydrogen (secondary N) is 1. The lowest BCUT2D eigenvalue weighted by Gasteiger charge is -2.23. The van der Waals surface area contributed by atoms with Gasteiger partial charge in [0.05, 0.1) is 25.2 Å². The fourth-order valence-electron chi connectivity index (χ4n) is 3.86. The molecule has 1 aromatic heterocycles. The summed E-state index contributed by atoms with van der Waals surface area (Å²) >= 11 is 6.20. The number of hydrogen-bond acceptors (Lipinski definition) is 5. The highest BCUT2D eigenvalue weighted by Crippen LogP contribution is 2.36. The summed E-state index contributed by atoms with van der Waals surface area (Å²) in [7, 11) is 0. The lowest BCUT2D eigenvalue weighted by Crippen LogP contribution is -2.39. The van der Waals surface area contributed by atoms with Crippen LogP contribution in [0.1, 0.15) is 32.1 Å². The van der Waals surface area contributed by atoms with Crippen LogP contribution in [0, 0.1) is 0 Å². The molecule has 0 unspecified atom stereocenters. The van der Waals surface area contributed by atoms with E-state index in [1.54, 1.807) is 35.6 Å². The van der Waals surface area contributed by atoms with Crippen LogP contribution in [0.25, 0.3) is 0 Å². The van der Waals surface area contributed by atoms with Gasteiger partial charge in [-0.05, 0) is 43.2 Å². The number of aromatic nitrogens is 2. The summed E-state index contributed by atoms with van der Waals surface area (Å²) in [4.78, 5) is 31.6. The quantitative estimate of drug-likeness (QED) is 0.542. The summed E-state index contributed by atoms with van der Waals surface area (Å²) in [6.45, 7) is 1.55. The van der Waals surface area contributed by atoms with E-state index in [1.807, 2.05) is 35.0 Å². The third kappa shape index (κ3) is 7.23. The topological polar surface area (TPSA) is 85.7 Å². The van der Waals surface area contributed by atoms with Crippen molar-refractivity contribution < 1.29 is 19.1 Å². The van der Waals surface area contributed by atoms with E-state index in [0.29, 0.717) is 54.1 Å². The maximum atomic E-state index is 13.0. The van der Waals surface area contributed by atoms with Crippen LogP contribution in [0.4, 0.5) is 5.69 Å². The maximum absolute atomic E-state index is 13.0. The number of nitrogens with zero attached hydrogens (tertiary/aromatic N) is 3. The van der Waals surface area contributed by atoms with Gasteiger partial charge in [0.25, 0.3) is 0 Å². The Morgan fingerprint density at radius 2 is 1.89 bits per heavy atom. The van der Waals surface area contributed by atoms with E-state index in [4.69, 9.17) is 21.1 Å². The fourth-order valence-corrected chi connectivity index (χ4v) is 4.03. The Bertz CT molecular complexity index is 1140. The fraction of sp³-hybridized carbons (Fsp3) is 0.346. The van der Waals surface area contributed by atoms with Gasteiger partial charge in [0, 0.05) is 36.9 Å². The molecule has 4 rings (SSSR count). The third-order valence-corrected chi connectivity index (χ3v) is 5.93. The number of carbonyl (C=O) groups excluding carboxylic acids is 2. The molecule has 0 atom stereocenters. The molecule has 9 heteroatoms. The number of imidazole rings is 1. The molecule has 0 spiro atoms. The van der Waals surface area contributed by atoms with Gasteiger partial charge in [0.2, 0.25) is 11.8 Å². The van der Waals surface area contributed by atoms with E-state index < -0.39 is 0 Å². The Kier molecular flexibility index (Phi) is 8.62. The smallest absolute Gasteiger partial charge is 0.244 e. The molecule has 0 bridgehead atoms. The van der Waals surface area contributed by atoms with Crippen LogP contribution in [-0.2, 0) is 16.1 Å². The number of carbonyl (C=O) groups is 2. The van der Waals surface area contributed by atoms with Gasteiger partial charge in [-0.25, -0.2) is 4.98 Å². The summed E-state index contributed by atoms with van der Waals surface area (Å²) in [5.74, 6) is 1.23. The van der Waals surface area contributed by atoms with Crippen LogP contribution in [0.15, 0.2) is 61.2 Å². The van der Waals surface area contributed by atoms with Crippen molar-refractivity contribution in [2.45, 2.75) is 38.6 Å². The van der Waals surface area contributed by atoms with Crippen LogP contribution in [-0.4, -0.2) is 46.0 Å². The first-order valence-corrected chi connectivity index (χ1v) is 12.2. The number of ether oxygens (including phenoxy) is 2. The minimum absolute atomic E-state index is 0.0472. The van der Waals surface area contributed by atoms with Crippen molar-refractivity contribution in [3.8, 4) is 17.2 Å². The van der Waals surface area contributed by atoms with Crippen molar-refractivity contribution in [1.82, 2.24) is 14.5 Å². The Morgan fingerprint density at radius 1 is 1.06 bits per heavy atom. The summed E-state index contributed by atoms with van der Waals surface area (Å²) in [5.41, 5.74) is 0.426.